The molecule has 2 heterocycles. The molecule has 0 saturated carbocycles. The van der Waals surface area contributed by atoms with E-state index in [2.05, 4.69) is 47.2 Å². The van der Waals surface area contributed by atoms with Crippen LogP contribution >= 0.6 is 23.5 Å². The average Bonchev–Trinajstić information content (AvgIpc) is 2.36. The van der Waals surface area contributed by atoms with Gasteiger partial charge in [0.2, 0.25) is 0 Å². The first-order chi connectivity index (χ1) is 7.93. The van der Waals surface area contributed by atoms with Crippen molar-refractivity contribution in [1.82, 2.24) is 0 Å². The molecule has 0 aromatic heterocycles. The fourth-order valence-corrected chi connectivity index (χ4v) is 4.01. The lowest BCUT2D eigenvalue weighted by atomic mass is 9.99. The maximum atomic E-state index is 2.24. The molecule has 2 aliphatic rings. The fourth-order valence-electron chi connectivity index (χ4n) is 2.32. The van der Waals surface area contributed by atoms with Crippen LogP contribution in [0.5, 0.6) is 0 Å². The molecule has 16 heavy (non-hydrogen) atoms. The summed E-state index contributed by atoms with van der Waals surface area (Å²) in [6.07, 6.45) is 4.42. The Kier molecular flexibility index (Phi) is 1.79. The van der Waals surface area contributed by atoms with Crippen LogP contribution in [0.15, 0.2) is 44.9 Å². The van der Waals surface area contributed by atoms with E-state index in [1.165, 1.54) is 31.7 Å². The Morgan fingerprint density at radius 1 is 0.625 bits per heavy atom. The van der Waals surface area contributed by atoms with E-state index in [0.29, 0.717) is 0 Å². The molecule has 0 bridgehead atoms. The van der Waals surface area contributed by atoms with E-state index in [0.717, 1.165) is 0 Å². The molecule has 76 valence electrons. The van der Waals surface area contributed by atoms with Gasteiger partial charge in [-0.2, -0.15) is 0 Å². The summed E-state index contributed by atoms with van der Waals surface area (Å²) in [7, 11) is 0. The highest BCUT2D eigenvalue weighted by Gasteiger charge is 2.16. The Morgan fingerprint density at radius 2 is 1.12 bits per heavy atom. The molecule has 2 aromatic rings. The summed E-state index contributed by atoms with van der Waals surface area (Å²) in [6, 6.07) is 8.93. The molecule has 0 nitrogen and oxygen atoms in total. The van der Waals surface area contributed by atoms with Gasteiger partial charge in [0.15, 0.2) is 0 Å². The van der Waals surface area contributed by atoms with Crippen molar-refractivity contribution in [2.45, 2.75) is 9.79 Å². The minimum absolute atomic E-state index is 1.35. The Morgan fingerprint density at radius 3 is 1.62 bits per heavy atom. The topological polar surface area (TPSA) is 0 Å². The van der Waals surface area contributed by atoms with Crippen LogP contribution in [-0.2, 0) is 0 Å². The van der Waals surface area contributed by atoms with E-state index < -0.39 is 0 Å². The maximum absolute atomic E-state index is 2.24. The first-order valence-electron chi connectivity index (χ1n) is 5.20. The van der Waals surface area contributed by atoms with Gasteiger partial charge >= 0.3 is 0 Å². The zero-order valence-corrected chi connectivity index (χ0v) is 10.1. The van der Waals surface area contributed by atoms with E-state index in [9.17, 15) is 0 Å². The third-order valence-corrected chi connectivity index (χ3v) is 4.77. The van der Waals surface area contributed by atoms with Crippen molar-refractivity contribution >= 4 is 46.4 Å². The van der Waals surface area contributed by atoms with E-state index in [1.807, 2.05) is 23.5 Å². The van der Waals surface area contributed by atoms with Crippen LogP contribution in [0, 0.1) is 0 Å². The Bertz CT molecular complexity index is 607. The van der Waals surface area contributed by atoms with Crippen molar-refractivity contribution in [2.24, 2.45) is 0 Å². The second-order valence-corrected chi connectivity index (χ2v) is 5.79. The number of benzene rings is 2. The summed E-state index contributed by atoms with van der Waals surface area (Å²) in [5.41, 5.74) is 2.70. The number of thioether (sulfide) groups is 2. The van der Waals surface area contributed by atoms with Crippen molar-refractivity contribution < 1.29 is 0 Å². The molecule has 4 rings (SSSR count). The van der Waals surface area contributed by atoms with E-state index in [-0.39, 0.29) is 0 Å². The zero-order valence-electron chi connectivity index (χ0n) is 8.44. The normalized spacial score (nSPS) is 15.8. The van der Waals surface area contributed by atoms with Crippen molar-refractivity contribution in [3.05, 3.63) is 46.2 Å². The van der Waals surface area contributed by atoms with Crippen molar-refractivity contribution in [3.63, 3.8) is 0 Å². The minimum atomic E-state index is 1.35. The van der Waals surface area contributed by atoms with Crippen LogP contribution in [0.3, 0.4) is 0 Å². The van der Waals surface area contributed by atoms with Gasteiger partial charge in [-0.25, -0.2) is 0 Å². The second kappa shape index (κ2) is 3.19. The summed E-state index contributed by atoms with van der Waals surface area (Å²) in [6.45, 7) is 0. The SMILES string of the molecule is C1=Cc2ccc3c4c(ccc(c24)S1)C=CS3. The monoisotopic (exact) mass is 240 g/mol. The Hall–Kier alpha value is -1.12. The van der Waals surface area contributed by atoms with Crippen LogP contribution in [0.4, 0.5) is 0 Å². The standard InChI is InChI=1S/C14H8S2/c1-3-11-14-10(6-8-15-11)2-4-12-13(14)9(1)5-7-16-12/h1-8H. The van der Waals surface area contributed by atoms with Crippen LogP contribution < -0.4 is 0 Å². The highest BCUT2D eigenvalue weighted by molar-refractivity contribution is 8.03. The summed E-state index contributed by atoms with van der Waals surface area (Å²) >= 11 is 3.64. The molecule has 2 heteroatoms. The molecule has 0 atom stereocenters. The average molecular weight is 240 g/mol. The van der Waals surface area contributed by atoms with Gasteiger partial charge in [-0.3, -0.25) is 0 Å². The van der Waals surface area contributed by atoms with Gasteiger partial charge in [0.1, 0.15) is 0 Å². The van der Waals surface area contributed by atoms with Crippen molar-refractivity contribution in [1.29, 1.82) is 0 Å². The molecular weight excluding hydrogens is 232 g/mol. The summed E-state index contributed by atoms with van der Waals surface area (Å²) in [5.74, 6) is 0. The van der Waals surface area contributed by atoms with Crippen molar-refractivity contribution in [3.8, 4) is 0 Å². The van der Waals surface area contributed by atoms with Gasteiger partial charge in [0.05, 0.1) is 0 Å². The third kappa shape index (κ3) is 1.09. The predicted octanol–water partition coefficient (Wildman–Crippen LogP) is 4.99. The maximum Gasteiger partial charge on any atom is 0.0201 e. The number of hydrogen-bond acceptors (Lipinski definition) is 2. The lowest BCUT2D eigenvalue weighted by Gasteiger charge is -2.18. The van der Waals surface area contributed by atoms with E-state index in [4.69, 9.17) is 0 Å². The zero-order chi connectivity index (χ0) is 10.5. The smallest absolute Gasteiger partial charge is 0.0201 e. The van der Waals surface area contributed by atoms with Crippen LogP contribution in [0.1, 0.15) is 11.1 Å². The Labute approximate surface area is 102 Å². The molecule has 0 fully saturated rings. The highest BCUT2D eigenvalue weighted by atomic mass is 32.2. The molecule has 0 amide bonds. The third-order valence-electron chi connectivity index (χ3n) is 3.03. The van der Waals surface area contributed by atoms with Gasteiger partial charge < -0.3 is 0 Å². The molecule has 0 saturated heterocycles. The largest absolute Gasteiger partial charge is 0.0974 e. The predicted molar refractivity (Wildman–Crippen MR) is 73.7 cm³/mol. The molecule has 0 radical (unpaired) electrons. The quantitative estimate of drug-likeness (QED) is 0.636. The minimum Gasteiger partial charge on any atom is -0.0974 e. The van der Waals surface area contributed by atoms with Gasteiger partial charge in [-0.05, 0) is 46.2 Å². The second-order valence-electron chi connectivity index (χ2n) is 3.90. The molecule has 2 aliphatic heterocycles. The van der Waals surface area contributed by atoms with Gasteiger partial charge in [0.25, 0.3) is 0 Å². The van der Waals surface area contributed by atoms with Crippen LogP contribution in [-0.4, -0.2) is 0 Å². The fraction of sp³-hybridized carbons (Fsp3) is 0. The highest BCUT2D eigenvalue weighted by Crippen LogP contribution is 2.44. The first kappa shape index (κ1) is 8.97. The molecule has 0 spiro atoms. The summed E-state index contributed by atoms with van der Waals surface area (Å²) < 4.78 is 0. The molecular formula is C14H8S2. The molecule has 2 aromatic carbocycles. The van der Waals surface area contributed by atoms with Crippen LogP contribution in [0.25, 0.3) is 22.9 Å². The molecule has 0 aliphatic carbocycles. The van der Waals surface area contributed by atoms with E-state index >= 15 is 0 Å². The summed E-state index contributed by atoms with van der Waals surface area (Å²) in [4.78, 5) is 2.77. The van der Waals surface area contributed by atoms with Gasteiger partial charge in [-0.15, -0.1) is 0 Å². The number of rotatable bonds is 0. The van der Waals surface area contributed by atoms with Crippen LogP contribution in [0.2, 0.25) is 0 Å². The molecule has 0 N–H and O–H groups in total. The van der Waals surface area contributed by atoms with Crippen molar-refractivity contribution in [2.75, 3.05) is 0 Å². The van der Waals surface area contributed by atoms with E-state index in [1.54, 1.807) is 0 Å². The lowest BCUT2D eigenvalue weighted by Crippen LogP contribution is -1.92. The first-order valence-corrected chi connectivity index (χ1v) is 6.95. The number of hydrogen-bond donors (Lipinski definition) is 0. The molecule has 0 unspecified atom stereocenters. The summed E-state index contributed by atoms with van der Waals surface area (Å²) in [5, 5.41) is 7.20. The van der Waals surface area contributed by atoms with Gasteiger partial charge in [-0.1, -0.05) is 35.7 Å². The lowest BCUT2D eigenvalue weighted by molar-refractivity contribution is 1.45. The Balaban J connectivity index is 2.29. The van der Waals surface area contributed by atoms with Gasteiger partial charge in [0, 0.05) is 20.6 Å².